The molecule has 2 aromatic carbocycles. The zero-order chi connectivity index (χ0) is 13.7. The summed E-state index contributed by atoms with van der Waals surface area (Å²) in [5.74, 6) is 0. The van der Waals surface area contributed by atoms with Gasteiger partial charge in [-0.3, -0.25) is 0 Å². The average molecular weight is 294 g/mol. The molecule has 19 heavy (non-hydrogen) atoms. The van der Waals surface area contributed by atoms with Crippen LogP contribution in [0.1, 0.15) is 17.5 Å². The minimum Gasteiger partial charge on any atom is -0.385 e. The van der Waals surface area contributed by atoms with Gasteiger partial charge in [-0.15, -0.1) is 0 Å². The Kier molecular flexibility index (Phi) is 5.12. The van der Waals surface area contributed by atoms with Gasteiger partial charge in [0.05, 0.1) is 0 Å². The van der Waals surface area contributed by atoms with Crippen molar-refractivity contribution in [2.45, 2.75) is 19.8 Å². The van der Waals surface area contributed by atoms with Crippen LogP contribution in [0, 0.1) is 6.92 Å². The van der Waals surface area contributed by atoms with Crippen molar-refractivity contribution in [3.8, 4) is 0 Å². The van der Waals surface area contributed by atoms with E-state index in [0.29, 0.717) is 0 Å². The van der Waals surface area contributed by atoms with Crippen LogP contribution >= 0.6 is 23.2 Å². The van der Waals surface area contributed by atoms with Crippen molar-refractivity contribution in [1.82, 2.24) is 0 Å². The Morgan fingerprint density at radius 2 is 1.68 bits per heavy atom. The van der Waals surface area contributed by atoms with E-state index >= 15 is 0 Å². The molecule has 2 aromatic rings. The van der Waals surface area contributed by atoms with Gasteiger partial charge in [0.2, 0.25) is 0 Å². The zero-order valence-electron chi connectivity index (χ0n) is 10.9. The predicted octanol–water partition coefficient (Wildman–Crippen LogP) is 5.35. The maximum atomic E-state index is 6.13. The van der Waals surface area contributed by atoms with Crippen LogP contribution in [0.3, 0.4) is 0 Å². The molecule has 0 atom stereocenters. The highest BCUT2D eigenvalue weighted by Crippen LogP contribution is 2.23. The maximum Gasteiger partial charge on any atom is 0.0455 e. The summed E-state index contributed by atoms with van der Waals surface area (Å²) in [7, 11) is 0. The van der Waals surface area contributed by atoms with Crippen molar-refractivity contribution in [2.75, 3.05) is 11.9 Å². The maximum absolute atomic E-state index is 6.13. The molecular formula is C16H17Cl2N. The van der Waals surface area contributed by atoms with Gasteiger partial charge in [-0.25, -0.2) is 0 Å². The molecule has 0 saturated carbocycles. The first-order chi connectivity index (χ1) is 9.18. The van der Waals surface area contributed by atoms with Crippen LogP contribution in [0.5, 0.6) is 0 Å². The quantitative estimate of drug-likeness (QED) is 0.733. The third-order valence-corrected chi connectivity index (χ3v) is 3.94. The fraction of sp³-hybridized carbons (Fsp3) is 0.250. The topological polar surface area (TPSA) is 12.0 Å². The summed E-state index contributed by atoms with van der Waals surface area (Å²) in [5, 5.41) is 5.07. The second-order valence-electron chi connectivity index (χ2n) is 4.53. The number of rotatable bonds is 5. The minimum atomic E-state index is 0.802. The number of halogens is 2. The fourth-order valence-corrected chi connectivity index (χ4v) is 2.41. The Labute approximate surface area is 124 Å². The van der Waals surface area contributed by atoms with E-state index in [-0.39, 0.29) is 0 Å². The molecule has 0 aliphatic rings. The highest BCUT2D eigenvalue weighted by molar-refractivity contribution is 6.31. The standard InChI is InChI=1S/C16H17Cl2N/c1-12-14(17)9-4-10-16(12)19-11-5-7-13-6-2-3-8-15(13)18/h2-4,6,8-10,19H,5,7,11H2,1H3. The van der Waals surface area contributed by atoms with Gasteiger partial charge in [-0.05, 0) is 49.1 Å². The lowest BCUT2D eigenvalue weighted by atomic mass is 10.1. The molecule has 0 bridgehead atoms. The Morgan fingerprint density at radius 1 is 0.947 bits per heavy atom. The number of benzene rings is 2. The molecule has 0 saturated heterocycles. The molecule has 0 aromatic heterocycles. The van der Waals surface area contributed by atoms with Crippen molar-refractivity contribution in [3.63, 3.8) is 0 Å². The van der Waals surface area contributed by atoms with Crippen LogP contribution in [0.4, 0.5) is 5.69 Å². The van der Waals surface area contributed by atoms with Gasteiger partial charge in [0.25, 0.3) is 0 Å². The van der Waals surface area contributed by atoms with Gasteiger partial charge < -0.3 is 5.32 Å². The summed E-state index contributed by atoms with van der Waals surface area (Å²) in [6.07, 6.45) is 2.02. The molecule has 0 heterocycles. The first kappa shape index (κ1) is 14.2. The molecule has 1 nitrogen and oxygen atoms in total. The Bertz CT molecular complexity index is 552. The predicted molar refractivity (Wildman–Crippen MR) is 84.5 cm³/mol. The number of nitrogens with one attached hydrogen (secondary N) is 1. The SMILES string of the molecule is Cc1c(Cl)cccc1NCCCc1ccccc1Cl. The summed E-state index contributed by atoms with van der Waals surface area (Å²) in [5.41, 5.74) is 3.40. The molecule has 0 aliphatic carbocycles. The van der Waals surface area contributed by atoms with Crippen LogP contribution in [0.15, 0.2) is 42.5 Å². The van der Waals surface area contributed by atoms with Gasteiger partial charge >= 0.3 is 0 Å². The van der Waals surface area contributed by atoms with Gasteiger partial charge in [0, 0.05) is 22.3 Å². The van der Waals surface area contributed by atoms with E-state index in [1.165, 1.54) is 5.56 Å². The fourth-order valence-electron chi connectivity index (χ4n) is 2.00. The van der Waals surface area contributed by atoms with E-state index in [9.17, 15) is 0 Å². The molecule has 0 amide bonds. The third-order valence-electron chi connectivity index (χ3n) is 3.16. The number of hydrogen-bond acceptors (Lipinski definition) is 1. The van der Waals surface area contributed by atoms with E-state index in [1.54, 1.807) is 0 Å². The van der Waals surface area contributed by atoms with E-state index in [1.807, 2.05) is 37.3 Å². The van der Waals surface area contributed by atoms with E-state index in [2.05, 4.69) is 17.4 Å². The van der Waals surface area contributed by atoms with Crippen molar-refractivity contribution in [3.05, 3.63) is 63.6 Å². The van der Waals surface area contributed by atoms with E-state index in [0.717, 1.165) is 40.7 Å². The number of hydrogen-bond donors (Lipinski definition) is 1. The summed E-state index contributed by atoms with van der Waals surface area (Å²) in [6, 6.07) is 13.9. The first-order valence-electron chi connectivity index (χ1n) is 6.41. The third kappa shape index (κ3) is 3.89. The summed E-state index contributed by atoms with van der Waals surface area (Å²) in [4.78, 5) is 0. The number of aryl methyl sites for hydroxylation is 1. The first-order valence-corrected chi connectivity index (χ1v) is 7.16. The average Bonchev–Trinajstić information content (AvgIpc) is 2.41. The lowest BCUT2D eigenvalue weighted by Crippen LogP contribution is -2.04. The van der Waals surface area contributed by atoms with Crippen molar-refractivity contribution in [1.29, 1.82) is 0 Å². The molecule has 0 aliphatic heterocycles. The van der Waals surface area contributed by atoms with Crippen LogP contribution in [0.2, 0.25) is 10.0 Å². The summed E-state index contributed by atoms with van der Waals surface area (Å²) in [6.45, 7) is 2.94. The smallest absolute Gasteiger partial charge is 0.0455 e. The van der Waals surface area contributed by atoms with Crippen LogP contribution < -0.4 is 5.32 Å². The van der Waals surface area contributed by atoms with Gasteiger partial charge in [0.15, 0.2) is 0 Å². The molecule has 0 unspecified atom stereocenters. The Balaban J connectivity index is 1.84. The Hall–Kier alpha value is -1.18. The summed E-state index contributed by atoms with van der Waals surface area (Å²) < 4.78 is 0. The van der Waals surface area contributed by atoms with E-state index < -0.39 is 0 Å². The van der Waals surface area contributed by atoms with Crippen molar-refractivity contribution >= 4 is 28.9 Å². The monoisotopic (exact) mass is 293 g/mol. The highest BCUT2D eigenvalue weighted by Gasteiger charge is 2.02. The highest BCUT2D eigenvalue weighted by atomic mass is 35.5. The molecule has 3 heteroatoms. The van der Waals surface area contributed by atoms with Crippen LogP contribution in [0.25, 0.3) is 0 Å². The van der Waals surface area contributed by atoms with Crippen molar-refractivity contribution < 1.29 is 0 Å². The largest absolute Gasteiger partial charge is 0.385 e. The molecule has 0 radical (unpaired) electrons. The zero-order valence-corrected chi connectivity index (χ0v) is 12.4. The molecular weight excluding hydrogens is 277 g/mol. The van der Waals surface area contributed by atoms with Crippen molar-refractivity contribution in [2.24, 2.45) is 0 Å². The summed E-state index contributed by atoms with van der Waals surface area (Å²) >= 11 is 12.2. The van der Waals surface area contributed by atoms with Gasteiger partial charge in [-0.1, -0.05) is 47.5 Å². The molecule has 2 rings (SSSR count). The van der Waals surface area contributed by atoms with Crippen LogP contribution in [-0.4, -0.2) is 6.54 Å². The lowest BCUT2D eigenvalue weighted by molar-refractivity contribution is 0.862. The van der Waals surface area contributed by atoms with Gasteiger partial charge in [0.1, 0.15) is 0 Å². The molecule has 100 valence electrons. The molecule has 1 N–H and O–H groups in total. The second-order valence-corrected chi connectivity index (χ2v) is 5.35. The second kappa shape index (κ2) is 6.83. The molecule has 0 fully saturated rings. The van der Waals surface area contributed by atoms with Gasteiger partial charge in [-0.2, -0.15) is 0 Å². The van der Waals surface area contributed by atoms with Crippen LogP contribution in [-0.2, 0) is 6.42 Å². The Morgan fingerprint density at radius 3 is 2.47 bits per heavy atom. The van der Waals surface area contributed by atoms with E-state index in [4.69, 9.17) is 23.2 Å². The lowest BCUT2D eigenvalue weighted by Gasteiger charge is -2.10. The minimum absolute atomic E-state index is 0.802. The molecule has 0 spiro atoms. The normalized spacial score (nSPS) is 10.5. The number of anilines is 1.